The number of halogens is 3. The van der Waals surface area contributed by atoms with Crippen LogP contribution in [0.4, 0.5) is 29.6 Å². The Balaban J connectivity index is 1.29. The molecule has 0 atom stereocenters. The molecule has 0 bridgehead atoms. The number of benzene rings is 1. The molecule has 1 aliphatic rings. The van der Waals surface area contributed by atoms with Gasteiger partial charge >= 0.3 is 12.3 Å². The smallest absolute Gasteiger partial charge is 0.416 e. The Bertz CT molecular complexity index is 1900. The van der Waals surface area contributed by atoms with E-state index >= 15 is 0 Å². The molecule has 1 aromatic carbocycles. The second-order valence-corrected chi connectivity index (χ2v) is 12.7. The van der Waals surface area contributed by atoms with Crippen molar-refractivity contribution < 1.29 is 27.5 Å². The van der Waals surface area contributed by atoms with Gasteiger partial charge in [-0.05, 0) is 75.1 Å². The minimum absolute atomic E-state index is 0.0128. The van der Waals surface area contributed by atoms with Crippen molar-refractivity contribution in [2.24, 2.45) is 0 Å². The molecule has 1 fully saturated rings. The molecule has 0 unspecified atom stereocenters. The summed E-state index contributed by atoms with van der Waals surface area (Å²) in [4.78, 5) is 39.3. The van der Waals surface area contributed by atoms with E-state index in [4.69, 9.17) is 4.74 Å². The van der Waals surface area contributed by atoms with Crippen molar-refractivity contribution in [1.82, 2.24) is 29.4 Å². The fourth-order valence-corrected chi connectivity index (χ4v) is 5.01. The molecule has 4 aromatic rings. The quantitative estimate of drug-likeness (QED) is 0.290. The Morgan fingerprint density at radius 3 is 2.38 bits per heavy atom. The minimum atomic E-state index is -4.69. The highest BCUT2D eigenvalue weighted by Gasteiger charge is 2.35. The van der Waals surface area contributed by atoms with Gasteiger partial charge in [0.25, 0.3) is 5.91 Å². The van der Waals surface area contributed by atoms with Crippen LogP contribution < -0.4 is 10.2 Å². The van der Waals surface area contributed by atoms with E-state index in [9.17, 15) is 22.8 Å². The zero-order valence-corrected chi connectivity index (χ0v) is 27.6. The van der Waals surface area contributed by atoms with Crippen LogP contribution in [-0.4, -0.2) is 87.3 Å². The predicted octanol–water partition coefficient (Wildman–Crippen LogP) is 5.22. The predicted molar refractivity (Wildman–Crippen MR) is 175 cm³/mol. The number of ether oxygens (including phenoxy) is 1. The van der Waals surface area contributed by atoms with Gasteiger partial charge in [0.2, 0.25) is 0 Å². The first-order valence-electron chi connectivity index (χ1n) is 15.3. The van der Waals surface area contributed by atoms with E-state index < -0.39 is 29.3 Å². The molecule has 0 aliphatic carbocycles. The summed E-state index contributed by atoms with van der Waals surface area (Å²) < 4.78 is 49.6. The highest BCUT2D eigenvalue weighted by Crippen LogP contribution is 2.34. The molecule has 0 radical (unpaired) electrons. The molecule has 5 rings (SSSR count). The van der Waals surface area contributed by atoms with Crippen LogP contribution in [0.2, 0.25) is 0 Å². The third kappa shape index (κ3) is 8.21. The average Bonchev–Trinajstić information content (AvgIpc) is 3.42. The number of hydrogen-bond donors (Lipinski definition) is 1. The number of piperazine rings is 1. The van der Waals surface area contributed by atoms with E-state index in [1.807, 2.05) is 43.0 Å². The summed E-state index contributed by atoms with van der Waals surface area (Å²) in [6, 6.07) is 8.80. The van der Waals surface area contributed by atoms with Crippen LogP contribution in [0.3, 0.4) is 0 Å². The molecule has 2 amide bonds. The van der Waals surface area contributed by atoms with Gasteiger partial charge in [-0.1, -0.05) is 12.0 Å². The van der Waals surface area contributed by atoms with Crippen LogP contribution >= 0.6 is 0 Å². The van der Waals surface area contributed by atoms with E-state index in [-0.39, 0.29) is 23.5 Å². The van der Waals surface area contributed by atoms with Gasteiger partial charge in [-0.15, -0.1) is 5.10 Å². The van der Waals surface area contributed by atoms with Crippen LogP contribution in [0.1, 0.15) is 59.1 Å². The zero-order chi connectivity index (χ0) is 34.8. The fourth-order valence-electron chi connectivity index (χ4n) is 5.01. The van der Waals surface area contributed by atoms with E-state index in [0.29, 0.717) is 43.1 Å². The lowest BCUT2D eigenvalue weighted by molar-refractivity contribution is -0.138. The van der Waals surface area contributed by atoms with Gasteiger partial charge in [-0.3, -0.25) is 9.69 Å². The number of carbonyl (C=O) groups excluding carboxylic acids is 2. The number of nitrogens with one attached hydrogen (secondary N) is 1. The molecule has 1 aliphatic heterocycles. The number of carbonyl (C=O) groups is 2. The van der Waals surface area contributed by atoms with Crippen molar-refractivity contribution in [2.45, 2.75) is 46.0 Å². The van der Waals surface area contributed by atoms with Gasteiger partial charge in [0, 0.05) is 64.1 Å². The Labute approximate surface area is 276 Å². The van der Waals surface area contributed by atoms with Gasteiger partial charge < -0.3 is 19.9 Å². The number of aryl methyl sites for hydroxylation is 1. The van der Waals surface area contributed by atoms with E-state index in [1.54, 1.807) is 42.4 Å². The van der Waals surface area contributed by atoms with E-state index in [2.05, 4.69) is 32.2 Å². The molecule has 4 heterocycles. The second kappa shape index (κ2) is 13.5. The Morgan fingerprint density at radius 2 is 1.71 bits per heavy atom. The maximum Gasteiger partial charge on any atom is 0.416 e. The third-order valence-electron chi connectivity index (χ3n) is 7.57. The summed E-state index contributed by atoms with van der Waals surface area (Å²) in [6.45, 7) is 8.58. The molecular formula is C34H37F3N8O3. The first kappa shape index (κ1) is 34.2. The molecule has 14 heteroatoms. The third-order valence-corrected chi connectivity index (χ3v) is 7.57. The summed E-state index contributed by atoms with van der Waals surface area (Å²) in [5.74, 6) is 6.25. The number of alkyl halides is 3. The molecule has 11 nitrogen and oxygen atoms in total. The number of anilines is 2. The average molecular weight is 663 g/mol. The first-order valence-corrected chi connectivity index (χ1v) is 15.3. The SMILES string of the molecule is Cc1cnc(NC(=O)c2ccc(CN3CCN(C(=O)OC(C)(C)C)CC3)c(C(F)(F)F)c2)cc1C#Cc1cnc2ccc(N(C)C)nn12. The van der Waals surface area contributed by atoms with Crippen molar-refractivity contribution >= 4 is 29.3 Å². The Hall–Kier alpha value is -5.16. The van der Waals surface area contributed by atoms with Crippen molar-refractivity contribution in [3.8, 4) is 11.8 Å². The van der Waals surface area contributed by atoms with E-state index in [1.165, 1.54) is 18.3 Å². The molecule has 252 valence electrons. The second-order valence-electron chi connectivity index (χ2n) is 12.7. The summed E-state index contributed by atoms with van der Waals surface area (Å²) in [6.07, 6.45) is -1.99. The summed E-state index contributed by atoms with van der Waals surface area (Å²) in [5, 5.41) is 7.15. The van der Waals surface area contributed by atoms with Gasteiger partial charge in [0.15, 0.2) is 5.65 Å². The number of imidazole rings is 1. The molecule has 1 saturated heterocycles. The number of amides is 2. The number of aromatic nitrogens is 4. The number of nitrogens with zero attached hydrogens (tertiary/aromatic N) is 7. The number of hydrogen-bond acceptors (Lipinski definition) is 8. The lowest BCUT2D eigenvalue weighted by Crippen LogP contribution is -2.49. The summed E-state index contributed by atoms with van der Waals surface area (Å²) >= 11 is 0. The Kier molecular flexibility index (Phi) is 9.63. The highest BCUT2D eigenvalue weighted by molar-refractivity contribution is 6.04. The summed E-state index contributed by atoms with van der Waals surface area (Å²) in [5.41, 5.74) is 0.840. The number of rotatable bonds is 5. The van der Waals surface area contributed by atoms with Gasteiger partial charge in [0.05, 0.1) is 11.8 Å². The Morgan fingerprint density at radius 1 is 0.979 bits per heavy atom. The molecule has 0 spiro atoms. The van der Waals surface area contributed by atoms with Crippen LogP contribution in [0.5, 0.6) is 0 Å². The monoisotopic (exact) mass is 662 g/mol. The maximum atomic E-state index is 14.2. The number of pyridine rings is 1. The normalized spacial score (nSPS) is 14.0. The standard InChI is InChI=1S/C34H37F3N8O3/c1-22-19-38-28(18-23(22)9-10-26-20-39-29-11-12-30(42(5)6)41-45(26)29)40-31(46)24-7-8-25(27(17-24)34(35,36)37)21-43-13-15-44(16-14-43)32(47)48-33(2,3)4/h7-8,11-12,17-20H,13-16,21H2,1-6H3,(H,38,40,46). The number of fused-ring (bicyclic) bond motifs is 1. The van der Waals surface area contributed by atoms with Crippen molar-refractivity contribution in [1.29, 1.82) is 0 Å². The van der Waals surface area contributed by atoms with Crippen LogP contribution in [0, 0.1) is 18.8 Å². The lowest BCUT2D eigenvalue weighted by atomic mass is 10.0. The van der Waals surface area contributed by atoms with E-state index in [0.717, 1.165) is 17.4 Å². The van der Waals surface area contributed by atoms with Crippen LogP contribution in [-0.2, 0) is 17.5 Å². The van der Waals surface area contributed by atoms with Crippen LogP contribution in [0.25, 0.3) is 5.65 Å². The van der Waals surface area contributed by atoms with Crippen molar-refractivity contribution in [2.75, 3.05) is 50.5 Å². The van der Waals surface area contributed by atoms with Gasteiger partial charge in [-0.25, -0.2) is 19.3 Å². The van der Waals surface area contributed by atoms with Crippen molar-refractivity contribution in [3.05, 3.63) is 82.3 Å². The minimum Gasteiger partial charge on any atom is -0.444 e. The largest absolute Gasteiger partial charge is 0.444 e. The summed E-state index contributed by atoms with van der Waals surface area (Å²) in [7, 11) is 3.76. The van der Waals surface area contributed by atoms with Gasteiger partial charge in [0.1, 0.15) is 22.9 Å². The molecule has 0 saturated carbocycles. The topological polar surface area (TPSA) is 108 Å². The van der Waals surface area contributed by atoms with Crippen molar-refractivity contribution in [3.63, 3.8) is 0 Å². The zero-order valence-electron chi connectivity index (χ0n) is 27.6. The first-order chi connectivity index (χ1) is 22.6. The maximum absolute atomic E-state index is 14.2. The van der Waals surface area contributed by atoms with Gasteiger partial charge in [-0.2, -0.15) is 13.2 Å². The molecular weight excluding hydrogens is 625 g/mol. The lowest BCUT2D eigenvalue weighted by Gasteiger charge is -2.36. The molecule has 1 N–H and O–H groups in total. The fraction of sp³-hybridized carbons (Fsp3) is 0.382. The molecule has 48 heavy (non-hydrogen) atoms. The van der Waals surface area contributed by atoms with Crippen LogP contribution in [0.15, 0.2) is 48.8 Å². The highest BCUT2D eigenvalue weighted by atomic mass is 19.4. The molecule has 3 aromatic heterocycles.